The van der Waals surface area contributed by atoms with E-state index in [9.17, 15) is 4.39 Å². The largest absolute Gasteiger partial charge is 0.486 e. The highest BCUT2D eigenvalue weighted by molar-refractivity contribution is 9.10. The van der Waals surface area contributed by atoms with Gasteiger partial charge in [-0.1, -0.05) is 21.1 Å². The Morgan fingerprint density at radius 1 is 1.41 bits per heavy atom. The SMILES string of the molecule is Cc1noc(C)c1COc1ccc(Br)cc1F. The molecule has 0 aliphatic carbocycles. The maximum Gasteiger partial charge on any atom is 0.166 e. The number of aryl methyl sites for hydroxylation is 2. The van der Waals surface area contributed by atoms with Crippen molar-refractivity contribution in [1.29, 1.82) is 0 Å². The van der Waals surface area contributed by atoms with Crippen LogP contribution in [0.5, 0.6) is 5.75 Å². The van der Waals surface area contributed by atoms with Crippen molar-refractivity contribution < 1.29 is 13.7 Å². The molecular weight excluding hydrogens is 289 g/mol. The van der Waals surface area contributed by atoms with Gasteiger partial charge < -0.3 is 9.26 Å². The third-order valence-electron chi connectivity index (χ3n) is 2.45. The van der Waals surface area contributed by atoms with Crippen molar-refractivity contribution in [2.75, 3.05) is 0 Å². The molecule has 5 heteroatoms. The second-order valence-electron chi connectivity index (χ2n) is 3.67. The van der Waals surface area contributed by atoms with Crippen LogP contribution in [0, 0.1) is 19.7 Å². The summed E-state index contributed by atoms with van der Waals surface area (Å²) in [5.74, 6) is 0.513. The molecule has 1 aromatic heterocycles. The maximum atomic E-state index is 13.5. The minimum absolute atomic E-state index is 0.216. The summed E-state index contributed by atoms with van der Waals surface area (Å²) in [4.78, 5) is 0. The average Bonchev–Trinajstić information content (AvgIpc) is 2.58. The zero-order chi connectivity index (χ0) is 12.4. The molecule has 0 aliphatic heterocycles. The van der Waals surface area contributed by atoms with Crippen LogP contribution in [0.1, 0.15) is 17.0 Å². The molecule has 0 saturated heterocycles. The summed E-state index contributed by atoms with van der Waals surface area (Å²) >= 11 is 3.19. The molecule has 2 rings (SSSR count). The van der Waals surface area contributed by atoms with Crippen molar-refractivity contribution in [2.24, 2.45) is 0 Å². The van der Waals surface area contributed by atoms with Crippen LogP contribution in [-0.2, 0) is 6.61 Å². The molecule has 0 saturated carbocycles. The molecule has 0 amide bonds. The van der Waals surface area contributed by atoms with E-state index in [1.165, 1.54) is 6.07 Å². The van der Waals surface area contributed by atoms with Crippen LogP contribution < -0.4 is 4.74 Å². The lowest BCUT2D eigenvalue weighted by Crippen LogP contribution is -1.99. The van der Waals surface area contributed by atoms with Gasteiger partial charge in [-0.3, -0.25) is 0 Å². The zero-order valence-electron chi connectivity index (χ0n) is 9.46. The van der Waals surface area contributed by atoms with E-state index >= 15 is 0 Å². The topological polar surface area (TPSA) is 35.3 Å². The lowest BCUT2D eigenvalue weighted by molar-refractivity contribution is 0.286. The van der Waals surface area contributed by atoms with Gasteiger partial charge in [-0.2, -0.15) is 0 Å². The summed E-state index contributed by atoms with van der Waals surface area (Å²) in [7, 11) is 0. The van der Waals surface area contributed by atoms with Crippen molar-refractivity contribution in [3.8, 4) is 5.75 Å². The Kier molecular flexibility index (Phi) is 3.47. The van der Waals surface area contributed by atoms with Gasteiger partial charge in [0.2, 0.25) is 0 Å². The van der Waals surface area contributed by atoms with E-state index < -0.39 is 5.82 Å². The number of rotatable bonds is 3. The molecule has 0 unspecified atom stereocenters. The van der Waals surface area contributed by atoms with Crippen LogP contribution in [0.15, 0.2) is 27.2 Å². The molecule has 17 heavy (non-hydrogen) atoms. The lowest BCUT2D eigenvalue weighted by Gasteiger charge is -2.06. The monoisotopic (exact) mass is 299 g/mol. The average molecular weight is 300 g/mol. The molecule has 0 bridgehead atoms. The van der Waals surface area contributed by atoms with Gasteiger partial charge >= 0.3 is 0 Å². The summed E-state index contributed by atoms with van der Waals surface area (Å²) in [6.45, 7) is 3.88. The van der Waals surface area contributed by atoms with Gasteiger partial charge in [-0.25, -0.2) is 4.39 Å². The first-order chi connectivity index (χ1) is 8.08. The predicted molar refractivity (Wildman–Crippen MR) is 64.4 cm³/mol. The highest BCUT2D eigenvalue weighted by atomic mass is 79.9. The van der Waals surface area contributed by atoms with E-state index in [0.29, 0.717) is 10.2 Å². The number of nitrogens with zero attached hydrogens (tertiary/aromatic N) is 1. The van der Waals surface area contributed by atoms with Crippen LogP contribution in [0.4, 0.5) is 4.39 Å². The van der Waals surface area contributed by atoms with E-state index in [2.05, 4.69) is 21.1 Å². The second kappa shape index (κ2) is 4.87. The molecule has 0 aliphatic rings. The van der Waals surface area contributed by atoms with E-state index in [1.54, 1.807) is 19.1 Å². The summed E-state index contributed by atoms with van der Waals surface area (Å²) in [5.41, 5.74) is 1.62. The van der Waals surface area contributed by atoms with E-state index in [0.717, 1.165) is 11.3 Å². The predicted octanol–water partition coefficient (Wildman–Crippen LogP) is 3.77. The maximum absolute atomic E-state index is 13.5. The number of hydrogen-bond donors (Lipinski definition) is 0. The van der Waals surface area contributed by atoms with Crippen LogP contribution in [-0.4, -0.2) is 5.16 Å². The van der Waals surface area contributed by atoms with Gasteiger partial charge in [0, 0.05) is 4.47 Å². The number of ether oxygens (including phenoxy) is 1. The van der Waals surface area contributed by atoms with Crippen molar-refractivity contribution in [2.45, 2.75) is 20.5 Å². The minimum Gasteiger partial charge on any atom is -0.486 e. The molecule has 0 radical (unpaired) electrons. The fraction of sp³-hybridized carbons (Fsp3) is 0.250. The molecule has 0 spiro atoms. The van der Waals surface area contributed by atoms with Gasteiger partial charge in [0.25, 0.3) is 0 Å². The van der Waals surface area contributed by atoms with Crippen molar-refractivity contribution in [1.82, 2.24) is 5.16 Å². The van der Waals surface area contributed by atoms with Gasteiger partial charge in [-0.15, -0.1) is 0 Å². The molecule has 0 N–H and O–H groups in total. The number of benzene rings is 1. The fourth-order valence-electron chi connectivity index (χ4n) is 1.45. The molecule has 2 aromatic rings. The molecule has 0 fully saturated rings. The summed E-state index contributed by atoms with van der Waals surface area (Å²) < 4.78 is 24.6. The summed E-state index contributed by atoms with van der Waals surface area (Å²) in [6.07, 6.45) is 0. The van der Waals surface area contributed by atoms with Gasteiger partial charge in [0.1, 0.15) is 12.4 Å². The highest BCUT2D eigenvalue weighted by Gasteiger charge is 2.11. The third-order valence-corrected chi connectivity index (χ3v) is 2.94. The minimum atomic E-state index is -0.397. The number of halogens is 2. The first kappa shape index (κ1) is 12.1. The quantitative estimate of drug-likeness (QED) is 0.865. The van der Waals surface area contributed by atoms with Crippen molar-refractivity contribution in [3.05, 3.63) is 45.5 Å². The van der Waals surface area contributed by atoms with Crippen molar-refractivity contribution in [3.63, 3.8) is 0 Å². The summed E-state index contributed by atoms with van der Waals surface area (Å²) in [5, 5.41) is 3.81. The highest BCUT2D eigenvalue weighted by Crippen LogP contribution is 2.23. The number of aromatic nitrogens is 1. The Balaban J connectivity index is 2.13. The van der Waals surface area contributed by atoms with Crippen LogP contribution in [0.25, 0.3) is 0 Å². The Morgan fingerprint density at radius 2 is 2.18 bits per heavy atom. The van der Waals surface area contributed by atoms with Crippen LogP contribution >= 0.6 is 15.9 Å². The van der Waals surface area contributed by atoms with E-state index in [4.69, 9.17) is 9.26 Å². The Labute approximate surface area is 107 Å². The second-order valence-corrected chi connectivity index (χ2v) is 4.58. The molecule has 1 heterocycles. The van der Waals surface area contributed by atoms with Gasteiger partial charge in [0.05, 0.1) is 11.3 Å². The molecule has 90 valence electrons. The Bertz CT molecular complexity index is 520. The standard InChI is InChI=1S/C12H11BrFNO2/c1-7-10(8(2)17-15-7)6-16-12-4-3-9(13)5-11(12)14/h3-5H,6H2,1-2H3. The van der Waals surface area contributed by atoms with Gasteiger partial charge in [-0.05, 0) is 32.0 Å². The molecular formula is C12H11BrFNO2. The molecule has 0 atom stereocenters. The van der Waals surface area contributed by atoms with Crippen molar-refractivity contribution >= 4 is 15.9 Å². The van der Waals surface area contributed by atoms with Crippen LogP contribution in [0.2, 0.25) is 0 Å². The molecule has 1 aromatic carbocycles. The van der Waals surface area contributed by atoms with Gasteiger partial charge in [0.15, 0.2) is 11.6 Å². The fourth-order valence-corrected chi connectivity index (χ4v) is 1.78. The Morgan fingerprint density at radius 3 is 2.76 bits per heavy atom. The first-order valence-electron chi connectivity index (χ1n) is 5.07. The molecule has 3 nitrogen and oxygen atoms in total. The van der Waals surface area contributed by atoms with Crippen LogP contribution in [0.3, 0.4) is 0 Å². The Hall–Kier alpha value is -1.36. The first-order valence-corrected chi connectivity index (χ1v) is 5.87. The zero-order valence-corrected chi connectivity index (χ0v) is 11.0. The summed E-state index contributed by atoms with van der Waals surface area (Å²) in [6, 6.07) is 4.67. The third kappa shape index (κ3) is 2.66. The van der Waals surface area contributed by atoms with E-state index in [-0.39, 0.29) is 12.4 Å². The smallest absolute Gasteiger partial charge is 0.166 e. The lowest BCUT2D eigenvalue weighted by atomic mass is 10.2. The number of hydrogen-bond acceptors (Lipinski definition) is 3. The normalized spacial score (nSPS) is 10.6. The van der Waals surface area contributed by atoms with E-state index in [1.807, 2.05) is 6.92 Å².